The summed E-state index contributed by atoms with van der Waals surface area (Å²) >= 11 is 5.75. The number of carboxylic acid groups (broad SMARTS) is 1. The zero-order chi connectivity index (χ0) is 11.7. The maximum absolute atomic E-state index is 10.6. The zero-order valence-corrected chi connectivity index (χ0v) is 9.04. The second-order valence-corrected chi connectivity index (χ2v) is 3.71. The lowest BCUT2D eigenvalue weighted by atomic mass is 9.99. The molecule has 0 aliphatic heterocycles. The number of rotatable bonds is 2. The number of carbonyl (C=O) groups is 1. The van der Waals surface area contributed by atoms with E-state index in [0.717, 1.165) is 0 Å². The van der Waals surface area contributed by atoms with Crippen LogP contribution >= 0.6 is 11.6 Å². The van der Waals surface area contributed by atoms with E-state index in [1.165, 1.54) is 0 Å². The Morgan fingerprint density at radius 2 is 1.93 bits per heavy atom. The Morgan fingerprint density at radius 1 is 1.40 bits per heavy atom. The monoisotopic (exact) mass is 230 g/mol. The number of halogens is 1. The van der Waals surface area contributed by atoms with Crippen molar-refractivity contribution in [1.29, 1.82) is 0 Å². The first-order chi connectivity index (χ1) is 6.86. The summed E-state index contributed by atoms with van der Waals surface area (Å²) in [7, 11) is 0. The molecule has 1 aromatic carbocycles. The van der Waals surface area contributed by atoms with Gasteiger partial charge in [0.2, 0.25) is 0 Å². The molecule has 5 heteroatoms. The highest BCUT2D eigenvalue weighted by molar-refractivity contribution is 6.33. The second-order valence-electron chi connectivity index (χ2n) is 3.33. The van der Waals surface area contributed by atoms with Crippen LogP contribution in [0.3, 0.4) is 0 Å². The Labute approximate surface area is 91.7 Å². The molecule has 0 aliphatic carbocycles. The molecule has 0 spiro atoms. The lowest BCUT2D eigenvalue weighted by molar-refractivity contribution is -0.147. The van der Waals surface area contributed by atoms with Crippen LogP contribution < -0.4 is 0 Å². The molecule has 1 unspecified atom stereocenters. The highest BCUT2D eigenvalue weighted by atomic mass is 35.5. The molecule has 15 heavy (non-hydrogen) atoms. The minimum absolute atomic E-state index is 0.0573. The molecule has 1 aromatic rings. The fourth-order valence-corrected chi connectivity index (χ4v) is 1.58. The van der Waals surface area contributed by atoms with E-state index in [9.17, 15) is 15.0 Å². The van der Waals surface area contributed by atoms with Gasteiger partial charge in [0.15, 0.2) is 6.10 Å². The highest BCUT2D eigenvalue weighted by Crippen LogP contribution is 2.36. The van der Waals surface area contributed by atoms with E-state index in [1.54, 1.807) is 19.9 Å². The van der Waals surface area contributed by atoms with Crippen LogP contribution in [0.15, 0.2) is 6.07 Å². The van der Waals surface area contributed by atoms with Gasteiger partial charge in [0.05, 0.1) is 5.02 Å². The minimum Gasteiger partial charge on any atom is -0.506 e. The average Bonchev–Trinajstić information content (AvgIpc) is 2.14. The van der Waals surface area contributed by atoms with Crippen molar-refractivity contribution in [2.24, 2.45) is 0 Å². The first-order valence-corrected chi connectivity index (χ1v) is 4.63. The van der Waals surface area contributed by atoms with Gasteiger partial charge in [0.1, 0.15) is 5.75 Å². The molecular formula is C10H11ClO4. The summed E-state index contributed by atoms with van der Waals surface area (Å²) in [6.45, 7) is 3.29. The third-order valence-corrected chi connectivity index (χ3v) is 2.65. The molecule has 0 aliphatic rings. The van der Waals surface area contributed by atoms with Crippen LogP contribution in [0.4, 0.5) is 0 Å². The van der Waals surface area contributed by atoms with Crippen LogP contribution in [-0.2, 0) is 4.79 Å². The third-order valence-electron chi connectivity index (χ3n) is 2.17. The average molecular weight is 231 g/mol. The van der Waals surface area contributed by atoms with Crippen molar-refractivity contribution in [3.8, 4) is 5.75 Å². The van der Waals surface area contributed by atoms with Crippen molar-refractivity contribution in [2.45, 2.75) is 20.0 Å². The van der Waals surface area contributed by atoms with E-state index >= 15 is 0 Å². The molecule has 4 nitrogen and oxygen atoms in total. The van der Waals surface area contributed by atoms with Crippen LogP contribution in [-0.4, -0.2) is 21.3 Å². The zero-order valence-electron chi connectivity index (χ0n) is 8.28. The lowest BCUT2D eigenvalue weighted by Gasteiger charge is -2.14. The Kier molecular flexibility index (Phi) is 3.21. The summed E-state index contributed by atoms with van der Waals surface area (Å²) in [5.74, 6) is -1.79. The number of phenolic OH excluding ortho intramolecular Hbond substituents is 1. The lowest BCUT2D eigenvalue weighted by Crippen LogP contribution is -2.12. The van der Waals surface area contributed by atoms with Crippen LogP contribution in [0.1, 0.15) is 22.8 Å². The van der Waals surface area contributed by atoms with Crippen molar-refractivity contribution in [3.63, 3.8) is 0 Å². The van der Waals surface area contributed by atoms with Crippen LogP contribution in [0.25, 0.3) is 0 Å². The van der Waals surface area contributed by atoms with Gasteiger partial charge in [-0.1, -0.05) is 17.7 Å². The quantitative estimate of drug-likeness (QED) is 0.724. The number of aromatic hydroxyl groups is 1. The van der Waals surface area contributed by atoms with Crippen molar-refractivity contribution >= 4 is 17.6 Å². The molecule has 0 aromatic heterocycles. The van der Waals surface area contributed by atoms with Crippen LogP contribution in [0.5, 0.6) is 5.75 Å². The van der Waals surface area contributed by atoms with Gasteiger partial charge in [-0.3, -0.25) is 0 Å². The van der Waals surface area contributed by atoms with Crippen molar-refractivity contribution < 1.29 is 20.1 Å². The van der Waals surface area contributed by atoms with E-state index in [-0.39, 0.29) is 16.3 Å². The molecule has 3 N–H and O–H groups in total. The Hall–Kier alpha value is -1.26. The molecule has 0 radical (unpaired) electrons. The van der Waals surface area contributed by atoms with Crippen molar-refractivity contribution in [1.82, 2.24) is 0 Å². The molecule has 0 saturated heterocycles. The number of carboxylic acids is 1. The summed E-state index contributed by atoms with van der Waals surface area (Å²) in [5.41, 5.74) is 1.07. The largest absolute Gasteiger partial charge is 0.506 e. The molecule has 0 heterocycles. The van der Waals surface area contributed by atoms with Gasteiger partial charge in [-0.2, -0.15) is 0 Å². The van der Waals surface area contributed by atoms with E-state index in [1.807, 2.05) is 0 Å². The van der Waals surface area contributed by atoms with Gasteiger partial charge in [0, 0.05) is 5.56 Å². The summed E-state index contributed by atoms with van der Waals surface area (Å²) in [6.07, 6.45) is -1.76. The summed E-state index contributed by atoms with van der Waals surface area (Å²) < 4.78 is 0. The molecule has 0 bridgehead atoms. The fourth-order valence-electron chi connectivity index (χ4n) is 1.43. The molecule has 82 valence electrons. The van der Waals surface area contributed by atoms with Crippen molar-refractivity contribution in [3.05, 3.63) is 27.8 Å². The highest BCUT2D eigenvalue weighted by Gasteiger charge is 2.24. The van der Waals surface area contributed by atoms with E-state index < -0.39 is 12.1 Å². The van der Waals surface area contributed by atoms with E-state index in [0.29, 0.717) is 11.1 Å². The maximum Gasteiger partial charge on any atom is 0.337 e. The van der Waals surface area contributed by atoms with Gasteiger partial charge < -0.3 is 15.3 Å². The maximum atomic E-state index is 10.6. The normalized spacial score (nSPS) is 12.5. The summed E-state index contributed by atoms with van der Waals surface area (Å²) in [4.78, 5) is 10.6. The van der Waals surface area contributed by atoms with Gasteiger partial charge in [-0.15, -0.1) is 0 Å². The topological polar surface area (TPSA) is 77.8 Å². The summed E-state index contributed by atoms with van der Waals surface area (Å²) in [6, 6.07) is 1.61. The second kappa shape index (κ2) is 4.08. The predicted molar refractivity (Wildman–Crippen MR) is 55.2 cm³/mol. The van der Waals surface area contributed by atoms with Gasteiger partial charge in [0.25, 0.3) is 0 Å². The number of benzene rings is 1. The first-order valence-electron chi connectivity index (χ1n) is 4.25. The Balaban J connectivity index is 3.42. The van der Waals surface area contributed by atoms with Crippen LogP contribution in [0, 0.1) is 13.8 Å². The number of aliphatic carboxylic acids is 1. The number of aryl methyl sites for hydroxylation is 2. The van der Waals surface area contributed by atoms with Gasteiger partial charge in [-0.25, -0.2) is 4.79 Å². The molecule has 0 amide bonds. The van der Waals surface area contributed by atoms with E-state index in [4.69, 9.17) is 16.7 Å². The van der Waals surface area contributed by atoms with Crippen molar-refractivity contribution in [2.75, 3.05) is 0 Å². The molecule has 1 rings (SSSR count). The number of aliphatic hydroxyl groups excluding tert-OH is 1. The fraction of sp³-hybridized carbons (Fsp3) is 0.300. The van der Waals surface area contributed by atoms with Gasteiger partial charge in [-0.05, 0) is 25.0 Å². The molecule has 1 atom stereocenters. The predicted octanol–water partition coefficient (Wildman–Crippen LogP) is 1.78. The SMILES string of the molecule is Cc1cc(C)c(C(O)C(=O)O)c(O)c1Cl. The molecule has 0 fully saturated rings. The first kappa shape index (κ1) is 11.8. The van der Waals surface area contributed by atoms with E-state index in [2.05, 4.69) is 0 Å². The molecule has 0 saturated carbocycles. The number of hydrogen-bond donors (Lipinski definition) is 3. The molecular weight excluding hydrogens is 220 g/mol. The third kappa shape index (κ3) is 2.06. The standard InChI is InChI=1S/C10H11ClO4/c1-4-3-5(2)7(11)8(12)6(4)9(13)10(14)15/h3,9,12-13H,1-2H3,(H,14,15). The smallest absolute Gasteiger partial charge is 0.337 e. The number of phenols is 1. The Bertz CT molecular complexity index is 414. The van der Waals surface area contributed by atoms with Crippen LogP contribution in [0.2, 0.25) is 5.02 Å². The number of hydrogen-bond acceptors (Lipinski definition) is 3. The number of aliphatic hydroxyl groups is 1. The van der Waals surface area contributed by atoms with Gasteiger partial charge >= 0.3 is 5.97 Å². The Morgan fingerprint density at radius 3 is 2.40 bits per heavy atom. The summed E-state index contributed by atoms with van der Waals surface area (Å²) in [5, 5.41) is 27.7. The minimum atomic E-state index is -1.76.